The first-order valence-corrected chi connectivity index (χ1v) is 9.34. The second-order valence-electron chi connectivity index (χ2n) is 7.16. The van der Waals surface area contributed by atoms with E-state index < -0.39 is 0 Å². The third kappa shape index (κ3) is 6.59. The van der Waals surface area contributed by atoms with Crippen LogP contribution in [-0.4, -0.2) is 56.2 Å². The summed E-state index contributed by atoms with van der Waals surface area (Å²) < 4.78 is 5.83. The lowest BCUT2D eigenvalue weighted by atomic mass is 10.0. The van der Waals surface area contributed by atoms with Gasteiger partial charge in [0.05, 0.1) is 18.2 Å². The Kier molecular flexibility index (Phi) is 7.69. The maximum absolute atomic E-state index is 12.1. The summed E-state index contributed by atoms with van der Waals surface area (Å²) in [6, 6.07) is 8.02. The highest BCUT2D eigenvalue weighted by atomic mass is 35.5. The van der Waals surface area contributed by atoms with Crippen LogP contribution in [0.5, 0.6) is 0 Å². The van der Waals surface area contributed by atoms with Crippen LogP contribution in [0.15, 0.2) is 24.3 Å². The molecule has 1 fully saturated rings. The maximum atomic E-state index is 12.1. The molecule has 1 aromatic carbocycles. The molecule has 0 spiro atoms. The van der Waals surface area contributed by atoms with E-state index in [1.807, 2.05) is 31.3 Å². The highest BCUT2D eigenvalue weighted by molar-refractivity contribution is 6.30. The Bertz CT molecular complexity index is 548. The van der Waals surface area contributed by atoms with Crippen molar-refractivity contribution in [2.75, 3.05) is 39.8 Å². The van der Waals surface area contributed by atoms with Gasteiger partial charge in [0.15, 0.2) is 0 Å². The standard InChI is InChI=1S/C19H30ClN3O2/c1-19(2)14-23(11-12-25-19)17(15-6-8-16(20)9-7-15)13-22-18(24)5-4-10-21-3/h6-9,17,21H,4-5,10-14H2,1-3H3,(H,22,24). The van der Waals surface area contributed by atoms with Crippen LogP contribution < -0.4 is 10.6 Å². The van der Waals surface area contributed by atoms with E-state index in [1.54, 1.807) is 0 Å². The first-order chi connectivity index (χ1) is 11.9. The van der Waals surface area contributed by atoms with E-state index in [1.165, 1.54) is 0 Å². The molecule has 6 heteroatoms. The molecule has 2 N–H and O–H groups in total. The summed E-state index contributed by atoms with van der Waals surface area (Å²) in [5.74, 6) is 0.0988. The Hall–Kier alpha value is -1.14. The van der Waals surface area contributed by atoms with Crippen LogP contribution in [-0.2, 0) is 9.53 Å². The molecule has 1 unspecified atom stereocenters. The molecule has 0 bridgehead atoms. The van der Waals surface area contributed by atoms with Crippen molar-refractivity contribution in [2.24, 2.45) is 0 Å². The highest BCUT2D eigenvalue weighted by Crippen LogP contribution is 2.27. The zero-order valence-electron chi connectivity index (χ0n) is 15.5. The number of nitrogens with one attached hydrogen (secondary N) is 2. The quantitative estimate of drug-likeness (QED) is 0.693. The largest absolute Gasteiger partial charge is 0.373 e. The predicted molar refractivity (Wildman–Crippen MR) is 102 cm³/mol. The van der Waals surface area contributed by atoms with Crippen molar-refractivity contribution in [3.63, 3.8) is 0 Å². The maximum Gasteiger partial charge on any atom is 0.220 e. The number of halogens is 1. The predicted octanol–water partition coefficient (Wildman–Crippen LogP) is 2.61. The number of carbonyl (C=O) groups excluding carboxylic acids is 1. The molecule has 5 nitrogen and oxygen atoms in total. The van der Waals surface area contributed by atoms with Crippen LogP contribution in [0.2, 0.25) is 5.02 Å². The van der Waals surface area contributed by atoms with E-state index in [4.69, 9.17) is 16.3 Å². The minimum atomic E-state index is -0.181. The smallest absolute Gasteiger partial charge is 0.220 e. The minimum Gasteiger partial charge on any atom is -0.373 e. The zero-order chi connectivity index (χ0) is 18.3. The van der Waals surface area contributed by atoms with E-state index >= 15 is 0 Å². The molecule has 1 heterocycles. The molecule has 1 amide bonds. The molecule has 0 saturated carbocycles. The monoisotopic (exact) mass is 367 g/mol. The number of nitrogens with zero attached hydrogens (tertiary/aromatic N) is 1. The van der Waals surface area contributed by atoms with E-state index in [0.717, 1.165) is 36.6 Å². The lowest BCUT2D eigenvalue weighted by Crippen LogP contribution is -2.51. The molecular formula is C19H30ClN3O2. The van der Waals surface area contributed by atoms with Gasteiger partial charge in [0.1, 0.15) is 0 Å². The van der Waals surface area contributed by atoms with Gasteiger partial charge in [-0.1, -0.05) is 23.7 Å². The molecule has 0 aromatic heterocycles. The van der Waals surface area contributed by atoms with E-state index in [-0.39, 0.29) is 17.6 Å². The lowest BCUT2D eigenvalue weighted by molar-refractivity contribution is -0.122. The van der Waals surface area contributed by atoms with Crippen LogP contribution in [0.25, 0.3) is 0 Å². The number of rotatable bonds is 8. The Morgan fingerprint density at radius 2 is 2.08 bits per heavy atom. The minimum absolute atomic E-state index is 0.0988. The fourth-order valence-electron chi connectivity index (χ4n) is 3.19. The summed E-state index contributed by atoms with van der Waals surface area (Å²) in [6.07, 6.45) is 1.39. The van der Waals surface area contributed by atoms with Gasteiger partial charge in [0, 0.05) is 31.1 Å². The van der Waals surface area contributed by atoms with Crippen molar-refractivity contribution < 1.29 is 9.53 Å². The van der Waals surface area contributed by atoms with Crippen LogP contribution in [0.4, 0.5) is 0 Å². The Morgan fingerprint density at radius 1 is 1.36 bits per heavy atom. The summed E-state index contributed by atoms with van der Waals surface area (Å²) in [4.78, 5) is 14.5. The molecule has 1 aromatic rings. The fourth-order valence-corrected chi connectivity index (χ4v) is 3.31. The van der Waals surface area contributed by atoms with Crippen molar-refractivity contribution in [2.45, 2.75) is 38.3 Å². The second-order valence-corrected chi connectivity index (χ2v) is 7.59. The number of ether oxygens (including phenoxy) is 1. The van der Waals surface area contributed by atoms with Crippen LogP contribution >= 0.6 is 11.6 Å². The molecule has 140 valence electrons. The Balaban J connectivity index is 2.04. The van der Waals surface area contributed by atoms with Gasteiger partial charge >= 0.3 is 0 Å². The van der Waals surface area contributed by atoms with Crippen LogP contribution in [0.3, 0.4) is 0 Å². The zero-order valence-corrected chi connectivity index (χ0v) is 16.2. The van der Waals surface area contributed by atoms with Crippen molar-refractivity contribution in [3.05, 3.63) is 34.9 Å². The Labute approximate surface area is 156 Å². The first-order valence-electron chi connectivity index (χ1n) is 8.96. The average molecular weight is 368 g/mol. The topological polar surface area (TPSA) is 53.6 Å². The van der Waals surface area contributed by atoms with E-state index in [0.29, 0.717) is 19.6 Å². The normalized spacial score (nSPS) is 18.7. The molecule has 2 rings (SSSR count). The van der Waals surface area contributed by atoms with Gasteiger partial charge in [-0.15, -0.1) is 0 Å². The summed E-state index contributed by atoms with van der Waals surface area (Å²) in [7, 11) is 1.90. The number of benzene rings is 1. The molecule has 1 atom stereocenters. The average Bonchev–Trinajstić information content (AvgIpc) is 2.56. The number of amides is 1. The highest BCUT2D eigenvalue weighted by Gasteiger charge is 2.32. The number of carbonyl (C=O) groups is 1. The summed E-state index contributed by atoms with van der Waals surface area (Å²) >= 11 is 6.04. The summed E-state index contributed by atoms with van der Waals surface area (Å²) in [5, 5.41) is 6.89. The molecular weight excluding hydrogens is 338 g/mol. The SMILES string of the molecule is CNCCCC(=O)NCC(c1ccc(Cl)cc1)N1CCOC(C)(C)C1. The molecule has 0 aliphatic carbocycles. The van der Waals surface area contributed by atoms with Crippen molar-refractivity contribution >= 4 is 17.5 Å². The van der Waals surface area contributed by atoms with Gasteiger partial charge in [-0.3, -0.25) is 9.69 Å². The fraction of sp³-hybridized carbons (Fsp3) is 0.632. The second kappa shape index (κ2) is 9.53. The van der Waals surface area contributed by atoms with Crippen LogP contribution in [0, 0.1) is 0 Å². The van der Waals surface area contributed by atoms with Gasteiger partial charge in [-0.25, -0.2) is 0 Å². The molecule has 25 heavy (non-hydrogen) atoms. The van der Waals surface area contributed by atoms with Crippen molar-refractivity contribution in [1.29, 1.82) is 0 Å². The summed E-state index contributed by atoms with van der Waals surface area (Å²) in [6.45, 7) is 8.04. The lowest BCUT2D eigenvalue weighted by Gasteiger charge is -2.42. The molecule has 1 aliphatic rings. The number of morpholine rings is 1. The third-order valence-corrected chi connectivity index (χ3v) is 4.73. The number of hydrogen-bond donors (Lipinski definition) is 2. The summed E-state index contributed by atoms with van der Waals surface area (Å²) in [5.41, 5.74) is 0.984. The van der Waals surface area contributed by atoms with Gasteiger partial charge in [0.25, 0.3) is 0 Å². The number of hydrogen-bond acceptors (Lipinski definition) is 4. The third-order valence-electron chi connectivity index (χ3n) is 4.47. The van der Waals surface area contributed by atoms with Gasteiger partial charge < -0.3 is 15.4 Å². The molecule has 0 radical (unpaired) electrons. The van der Waals surface area contributed by atoms with Crippen molar-refractivity contribution in [3.8, 4) is 0 Å². The molecule has 1 saturated heterocycles. The Morgan fingerprint density at radius 3 is 2.72 bits per heavy atom. The first kappa shape index (κ1) is 20.2. The van der Waals surface area contributed by atoms with E-state index in [2.05, 4.69) is 29.4 Å². The van der Waals surface area contributed by atoms with E-state index in [9.17, 15) is 4.79 Å². The van der Waals surface area contributed by atoms with Gasteiger partial charge in [0.2, 0.25) is 5.91 Å². The van der Waals surface area contributed by atoms with Gasteiger partial charge in [-0.05, 0) is 51.6 Å². The van der Waals surface area contributed by atoms with Crippen LogP contribution in [0.1, 0.15) is 38.3 Å². The molecule has 1 aliphatic heterocycles. The van der Waals surface area contributed by atoms with Crippen molar-refractivity contribution in [1.82, 2.24) is 15.5 Å². The van der Waals surface area contributed by atoms with Gasteiger partial charge in [-0.2, -0.15) is 0 Å².